The SMILES string of the molecule is O=c1c(Cl)c(NCCc2ccc(F)cc2)cnn1Cc1ccccc1. The first-order valence-corrected chi connectivity index (χ1v) is 8.29. The predicted molar refractivity (Wildman–Crippen MR) is 97.6 cm³/mol. The molecule has 0 bridgehead atoms. The second kappa shape index (κ2) is 7.94. The van der Waals surface area contributed by atoms with E-state index in [1.807, 2.05) is 30.3 Å². The van der Waals surface area contributed by atoms with Crippen LogP contribution in [0.5, 0.6) is 0 Å². The van der Waals surface area contributed by atoms with E-state index in [1.54, 1.807) is 18.3 Å². The van der Waals surface area contributed by atoms with E-state index >= 15 is 0 Å². The Morgan fingerprint density at radius 3 is 2.48 bits per heavy atom. The van der Waals surface area contributed by atoms with Gasteiger partial charge in [0.05, 0.1) is 18.4 Å². The molecule has 2 aromatic carbocycles. The van der Waals surface area contributed by atoms with E-state index in [9.17, 15) is 9.18 Å². The first kappa shape index (κ1) is 17.2. The third-order valence-electron chi connectivity index (χ3n) is 3.80. The van der Waals surface area contributed by atoms with Gasteiger partial charge < -0.3 is 5.32 Å². The topological polar surface area (TPSA) is 46.9 Å². The fourth-order valence-corrected chi connectivity index (χ4v) is 2.66. The molecule has 0 saturated heterocycles. The van der Waals surface area contributed by atoms with Gasteiger partial charge in [-0.25, -0.2) is 9.07 Å². The molecular weight excluding hydrogens is 341 g/mol. The monoisotopic (exact) mass is 357 g/mol. The number of rotatable bonds is 6. The highest BCUT2D eigenvalue weighted by molar-refractivity contribution is 6.32. The number of nitrogens with zero attached hydrogens (tertiary/aromatic N) is 2. The molecule has 25 heavy (non-hydrogen) atoms. The van der Waals surface area contributed by atoms with E-state index in [0.717, 1.165) is 11.1 Å². The normalized spacial score (nSPS) is 10.6. The van der Waals surface area contributed by atoms with Crippen molar-refractivity contribution >= 4 is 17.3 Å². The van der Waals surface area contributed by atoms with E-state index < -0.39 is 0 Å². The van der Waals surface area contributed by atoms with Crippen LogP contribution in [0.2, 0.25) is 5.02 Å². The van der Waals surface area contributed by atoms with Gasteiger partial charge in [-0.05, 0) is 29.7 Å². The first-order valence-electron chi connectivity index (χ1n) is 7.91. The maximum Gasteiger partial charge on any atom is 0.287 e. The second-order valence-electron chi connectivity index (χ2n) is 5.62. The Morgan fingerprint density at radius 2 is 1.76 bits per heavy atom. The van der Waals surface area contributed by atoms with Crippen molar-refractivity contribution < 1.29 is 4.39 Å². The van der Waals surface area contributed by atoms with Crippen LogP contribution in [-0.2, 0) is 13.0 Å². The van der Waals surface area contributed by atoms with Crippen LogP contribution in [0.3, 0.4) is 0 Å². The number of halogens is 2. The minimum atomic E-state index is -0.336. The van der Waals surface area contributed by atoms with Crippen LogP contribution in [0.4, 0.5) is 10.1 Å². The lowest BCUT2D eigenvalue weighted by molar-refractivity contribution is 0.627. The molecule has 0 fully saturated rings. The summed E-state index contributed by atoms with van der Waals surface area (Å²) < 4.78 is 14.2. The second-order valence-corrected chi connectivity index (χ2v) is 6.00. The van der Waals surface area contributed by atoms with E-state index in [4.69, 9.17) is 11.6 Å². The molecule has 1 aromatic heterocycles. The summed E-state index contributed by atoms with van der Waals surface area (Å²) in [6.07, 6.45) is 2.24. The van der Waals surface area contributed by atoms with E-state index in [0.29, 0.717) is 25.2 Å². The Kier molecular flexibility index (Phi) is 5.46. The van der Waals surface area contributed by atoms with Gasteiger partial charge in [-0.2, -0.15) is 5.10 Å². The molecule has 1 heterocycles. The van der Waals surface area contributed by atoms with Gasteiger partial charge >= 0.3 is 0 Å². The number of anilines is 1. The molecule has 0 amide bonds. The third-order valence-corrected chi connectivity index (χ3v) is 4.17. The number of hydrogen-bond acceptors (Lipinski definition) is 3. The van der Waals surface area contributed by atoms with Crippen molar-refractivity contribution in [1.82, 2.24) is 9.78 Å². The molecular formula is C19H17ClFN3O. The molecule has 3 rings (SSSR count). The van der Waals surface area contributed by atoms with Gasteiger partial charge in [-0.3, -0.25) is 4.79 Å². The van der Waals surface area contributed by atoms with Crippen molar-refractivity contribution in [3.63, 3.8) is 0 Å². The van der Waals surface area contributed by atoms with Gasteiger partial charge in [0.1, 0.15) is 10.8 Å². The highest BCUT2D eigenvalue weighted by atomic mass is 35.5. The van der Waals surface area contributed by atoms with Crippen LogP contribution in [0.1, 0.15) is 11.1 Å². The predicted octanol–water partition coefficient (Wildman–Crippen LogP) is 3.74. The maximum atomic E-state index is 12.9. The van der Waals surface area contributed by atoms with Crippen LogP contribution < -0.4 is 10.9 Å². The molecule has 0 radical (unpaired) electrons. The lowest BCUT2D eigenvalue weighted by atomic mass is 10.1. The molecule has 0 spiro atoms. The lowest BCUT2D eigenvalue weighted by Gasteiger charge is -2.10. The fourth-order valence-electron chi connectivity index (χ4n) is 2.45. The summed E-state index contributed by atoms with van der Waals surface area (Å²) in [4.78, 5) is 12.4. The zero-order chi connectivity index (χ0) is 17.6. The molecule has 4 nitrogen and oxygen atoms in total. The smallest absolute Gasteiger partial charge is 0.287 e. The van der Waals surface area contributed by atoms with Crippen LogP contribution in [0.25, 0.3) is 0 Å². The summed E-state index contributed by atoms with van der Waals surface area (Å²) in [6.45, 7) is 0.935. The van der Waals surface area contributed by atoms with Crippen molar-refractivity contribution in [3.05, 3.63) is 93.1 Å². The molecule has 6 heteroatoms. The molecule has 0 unspecified atom stereocenters. The first-order chi connectivity index (χ1) is 12.1. The molecule has 0 aliphatic carbocycles. The van der Waals surface area contributed by atoms with Crippen molar-refractivity contribution in [2.45, 2.75) is 13.0 Å². The van der Waals surface area contributed by atoms with Crippen molar-refractivity contribution in [3.8, 4) is 0 Å². The number of hydrogen-bond donors (Lipinski definition) is 1. The molecule has 128 valence electrons. The average Bonchev–Trinajstić information content (AvgIpc) is 2.63. The summed E-state index contributed by atoms with van der Waals surface area (Å²) in [7, 11) is 0. The Bertz CT molecular complexity index is 895. The quantitative estimate of drug-likeness (QED) is 0.731. The fraction of sp³-hybridized carbons (Fsp3) is 0.158. The summed E-state index contributed by atoms with van der Waals surface area (Å²) in [5.74, 6) is -0.258. The Balaban J connectivity index is 1.65. The summed E-state index contributed by atoms with van der Waals surface area (Å²) in [5, 5.41) is 7.40. The van der Waals surface area contributed by atoms with Crippen LogP contribution in [-0.4, -0.2) is 16.3 Å². The van der Waals surface area contributed by atoms with Gasteiger partial charge in [0.25, 0.3) is 5.56 Å². The average molecular weight is 358 g/mol. The van der Waals surface area contributed by atoms with Crippen molar-refractivity contribution in [2.24, 2.45) is 0 Å². The van der Waals surface area contributed by atoms with E-state index in [-0.39, 0.29) is 16.4 Å². The largest absolute Gasteiger partial charge is 0.382 e. The van der Waals surface area contributed by atoms with Gasteiger partial charge in [0.15, 0.2) is 0 Å². The summed E-state index contributed by atoms with van der Waals surface area (Å²) >= 11 is 6.18. The van der Waals surface area contributed by atoms with Crippen LogP contribution in [0, 0.1) is 5.82 Å². The van der Waals surface area contributed by atoms with Crippen LogP contribution in [0.15, 0.2) is 65.6 Å². The molecule has 0 saturated carbocycles. The molecule has 1 N–H and O–H groups in total. The van der Waals surface area contributed by atoms with Gasteiger partial charge in [-0.1, -0.05) is 54.1 Å². The zero-order valence-corrected chi connectivity index (χ0v) is 14.2. The third kappa shape index (κ3) is 4.45. The van der Waals surface area contributed by atoms with Crippen LogP contribution >= 0.6 is 11.6 Å². The summed E-state index contributed by atoms with van der Waals surface area (Å²) in [6, 6.07) is 15.9. The minimum Gasteiger partial charge on any atom is -0.382 e. The maximum absolute atomic E-state index is 12.9. The van der Waals surface area contributed by atoms with Gasteiger partial charge in [0.2, 0.25) is 0 Å². The Morgan fingerprint density at radius 1 is 1.04 bits per heavy atom. The molecule has 0 aliphatic rings. The standard InChI is InChI=1S/C19H17ClFN3O/c20-18-17(22-11-10-14-6-8-16(21)9-7-14)12-23-24(19(18)25)13-15-4-2-1-3-5-15/h1-9,12,22H,10-11,13H2. The van der Waals surface area contributed by atoms with Gasteiger partial charge in [0, 0.05) is 6.54 Å². The molecule has 0 atom stereocenters. The van der Waals surface area contributed by atoms with Gasteiger partial charge in [-0.15, -0.1) is 0 Å². The van der Waals surface area contributed by atoms with E-state index in [2.05, 4.69) is 10.4 Å². The number of aromatic nitrogens is 2. The van der Waals surface area contributed by atoms with Crippen molar-refractivity contribution in [2.75, 3.05) is 11.9 Å². The highest BCUT2D eigenvalue weighted by Gasteiger charge is 2.09. The molecule has 0 aliphatic heterocycles. The number of nitrogens with one attached hydrogen (secondary N) is 1. The van der Waals surface area contributed by atoms with E-state index in [1.165, 1.54) is 16.8 Å². The Labute approximate surface area is 149 Å². The molecule has 3 aromatic rings. The van der Waals surface area contributed by atoms with Crippen molar-refractivity contribution in [1.29, 1.82) is 0 Å². The summed E-state index contributed by atoms with van der Waals surface area (Å²) in [5.41, 5.74) is 2.14. The Hall–Kier alpha value is -2.66. The minimum absolute atomic E-state index is 0.116. The number of benzene rings is 2. The zero-order valence-electron chi connectivity index (χ0n) is 13.5. The lowest BCUT2D eigenvalue weighted by Crippen LogP contribution is -2.25. The highest BCUT2D eigenvalue weighted by Crippen LogP contribution is 2.16.